The van der Waals surface area contributed by atoms with Gasteiger partial charge in [0.15, 0.2) is 11.5 Å². The first-order valence-corrected chi connectivity index (χ1v) is 7.21. The molecule has 0 aliphatic rings. The van der Waals surface area contributed by atoms with Crippen LogP contribution < -0.4 is 5.32 Å². The van der Waals surface area contributed by atoms with Crippen molar-refractivity contribution >= 4 is 5.91 Å². The smallest absolute Gasteiger partial charge is 0.273 e. The van der Waals surface area contributed by atoms with Crippen molar-refractivity contribution in [3.8, 4) is 11.3 Å². The lowest BCUT2D eigenvalue weighted by atomic mass is 9.87. The number of nitrogens with zero attached hydrogens (tertiary/aromatic N) is 2. The molecule has 1 unspecified atom stereocenters. The number of hydrogen-bond acceptors (Lipinski definition) is 5. The Hall–Kier alpha value is -2.21. The van der Waals surface area contributed by atoms with E-state index in [1.807, 2.05) is 13.8 Å². The average Bonchev–Trinajstić information content (AvgIpc) is 2.94. The predicted octanol–water partition coefficient (Wildman–Crippen LogP) is 2.26. The third-order valence-corrected chi connectivity index (χ3v) is 3.28. The molecular weight excluding hydrogens is 282 g/mol. The van der Waals surface area contributed by atoms with Gasteiger partial charge in [-0.05, 0) is 30.9 Å². The van der Waals surface area contributed by atoms with E-state index in [0.717, 1.165) is 5.56 Å². The molecule has 0 aliphatic carbocycles. The highest BCUT2D eigenvalue weighted by Gasteiger charge is 2.22. The first kappa shape index (κ1) is 16.2. The highest BCUT2D eigenvalue weighted by molar-refractivity contribution is 5.93. The van der Waals surface area contributed by atoms with Crippen LogP contribution in [0, 0.1) is 5.41 Å². The van der Waals surface area contributed by atoms with Crippen molar-refractivity contribution in [3.63, 3.8) is 0 Å². The third kappa shape index (κ3) is 4.39. The van der Waals surface area contributed by atoms with Crippen LogP contribution in [0.3, 0.4) is 0 Å². The molecule has 0 radical (unpaired) electrons. The molecule has 1 atom stereocenters. The van der Waals surface area contributed by atoms with Crippen molar-refractivity contribution in [1.82, 2.24) is 15.5 Å². The van der Waals surface area contributed by atoms with Crippen LogP contribution in [0.5, 0.6) is 0 Å². The van der Waals surface area contributed by atoms with E-state index in [9.17, 15) is 9.90 Å². The van der Waals surface area contributed by atoms with Crippen molar-refractivity contribution in [1.29, 1.82) is 0 Å². The Morgan fingerprint density at radius 3 is 2.73 bits per heavy atom. The van der Waals surface area contributed by atoms with Crippen LogP contribution in [0.25, 0.3) is 11.3 Å². The number of aliphatic hydroxyl groups excluding tert-OH is 1. The molecule has 2 aromatic heterocycles. The van der Waals surface area contributed by atoms with Crippen LogP contribution in [-0.4, -0.2) is 33.8 Å². The Balaban J connectivity index is 1.98. The number of hydrogen-bond donors (Lipinski definition) is 2. The van der Waals surface area contributed by atoms with Crippen LogP contribution in [0.2, 0.25) is 0 Å². The van der Waals surface area contributed by atoms with Gasteiger partial charge in [-0.1, -0.05) is 19.0 Å². The van der Waals surface area contributed by atoms with Gasteiger partial charge in [-0.3, -0.25) is 9.78 Å². The molecule has 0 saturated heterocycles. The van der Waals surface area contributed by atoms with E-state index in [0.29, 0.717) is 18.7 Å². The van der Waals surface area contributed by atoms with Crippen molar-refractivity contribution in [2.45, 2.75) is 33.3 Å². The second-order valence-electron chi connectivity index (χ2n) is 6.21. The fourth-order valence-corrected chi connectivity index (χ4v) is 2.32. The molecular formula is C16H21N3O3. The molecule has 0 fully saturated rings. The molecule has 0 bridgehead atoms. The lowest BCUT2D eigenvalue weighted by Crippen LogP contribution is -2.35. The molecule has 2 aromatic rings. The quantitative estimate of drug-likeness (QED) is 0.854. The summed E-state index contributed by atoms with van der Waals surface area (Å²) >= 11 is 0. The standard InChI is InChI=1S/C16H21N3O3/c1-11(20)9-16(2,3)10-18-15(21)13-8-14(22-19-13)12-4-6-17-7-5-12/h4-8,11,20H,9-10H2,1-3H3,(H,18,21). The first-order valence-electron chi connectivity index (χ1n) is 7.21. The number of aliphatic hydroxyl groups is 1. The number of aromatic nitrogens is 2. The summed E-state index contributed by atoms with van der Waals surface area (Å²) in [5.41, 5.74) is 0.859. The molecule has 0 aromatic carbocycles. The minimum atomic E-state index is -0.405. The van der Waals surface area contributed by atoms with Gasteiger partial charge in [-0.2, -0.15) is 0 Å². The summed E-state index contributed by atoms with van der Waals surface area (Å²) in [4.78, 5) is 16.0. The summed E-state index contributed by atoms with van der Waals surface area (Å²) in [5.74, 6) is 0.235. The van der Waals surface area contributed by atoms with Gasteiger partial charge in [-0.15, -0.1) is 0 Å². The van der Waals surface area contributed by atoms with E-state index in [1.54, 1.807) is 37.5 Å². The average molecular weight is 303 g/mol. The summed E-state index contributed by atoms with van der Waals surface area (Å²) in [5, 5.41) is 16.1. The monoisotopic (exact) mass is 303 g/mol. The normalized spacial score (nSPS) is 12.9. The maximum Gasteiger partial charge on any atom is 0.273 e. The van der Waals surface area contributed by atoms with Crippen LogP contribution in [0.1, 0.15) is 37.7 Å². The van der Waals surface area contributed by atoms with Gasteiger partial charge in [0.2, 0.25) is 0 Å². The zero-order valence-electron chi connectivity index (χ0n) is 13.0. The molecule has 6 nitrogen and oxygen atoms in total. The molecule has 118 valence electrons. The topological polar surface area (TPSA) is 88.2 Å². The molecule has 2 rings (SSSR count). The number of carbonyl (C=O) groups is 1. The Morgan fingerprint density at radius 1 is 1.41 bits per heavy atom. The Labute approximate surface area is 129 Å². The zero-order chi connectivity index (χ0) is 16.2. The molecule has 2 N–H and O–H groups in total. The van der Waals surface area contributed by atoms with Gasteiger partial charge in [0.25, 0.3) is 5.91 Å². The van der Waals surface area contributed by atoms with Crippen LogP contribution in [0.15, 0.2) is 35.1 Å². The third-order valence-electron chi connectivity index (χ3n) is 3.28. The molecule has 0 saturated carbocycles. The SMILES string of the molecule is CC(O)CC(C)(C)CNC(=O)c1cc(-c2ccncc2)on1. The van der Waals surface area contributed by atoms with Crippen molar-refractivity contribution in [2.75, 3.05) is 6.54 Å². The minimum Gasteiger partial charge on any atom is -0.393 e. The molecule has 0 spiro atoms. The summed E-state index contributed by atoms with van der Waals surface area (Å²) in [7, 11) is 0. The first-order chi connectivity index (χ1) is 10.4. The highest BCUT2D eigenvalue weighted by Crippen LogP contribution is 2.22. The molecule has 6 heteroatoms. The van der Waals surface area contributed by atoms with Crippen molar-refractivity contribution in [3.05, 3.63) is 36.3 Å². The van der Waals surface area contributed by atoms with Gasteiger partial charge in [0, 0.05) is 30.6 Å². The largest absolute Gasteiger partial charge is 0.393 e. The number of amides is 1. The second kappa shape index (κ2) is 6.70. The predicted molar refractivity (Wildman–Crippen MR) is 82.1 cm³/mol. The molecule has 0 aliphatic heterocycles. The summed E-state index contributed by atoms with van der Waals surface area (Å²) < 4.78 is 5.19. The van der Waals surface area contributed by atoms with Gasteiger partial charge in [0.05, 0.1) is 6.10 Å². The van der Waals surface area contributed by atoms with E-state index in [4.69, 9.17) is 4.52 Å². The summed E-state index contributed by atoms with van der Waals surface area (Å²) in [6, 6.07) is 5.17. The van der Waals surface area contributed by atoms with Gasteiger partial charge in [-0.25, -0.2) is 0 Å². The number of nitrogens with one attached hydrogen (secondary N) is 1. The van der Waals surface area contributed by atoms with E-state index < -0.39 is 6.10 Å². The fourth-order valence-electron chi connectivity index (χ4n) is 2.32. The highest BCUT2D eigenvalue weighted by atomic mass is 16.5. The van der Waals surface area contributed by atoms with E-state index in [1.165, 1.54) is 0 Å². The lowest BCUT2D eigenvalue weighted by Gasteiger charge is -2.26. The zero-order valence-corrected chi connectivity index (χ0v) is 13.0. The number of rotatable bonds is 6. The minimum absolute atomic E-state index is 0.193. The van der Waals surface area contributed by atoms with Gasteiger partial charge in [0.1, 0.15) is 0 Å². The number of pyridine rings is 1. The summed E-state index contributed by atoms with van der Waals surface area (Å²) in [6.07, 6.45) is 3.50. The molecule has 22 heavy (non-hydrogen) atoms. The van der Waals surface area contributed by atoms with Gasteiger partial charge >= 0.3 is 0 Å². The maximum absolute atomic E-state index is 12.1. The van der Waals surface area contributed by atoms with Crippen LogP contribution >= 0.6 is 0 Å². The van der Waals surface area contributed by atoms with Crippen LogP contribution in [-0.2, 0) is 0 Å². The second-order valence-corrected chi connectivity index (χ2v) is 6.21. The Kier molecular flexibility index (Phi) is 4.92. The number of carbonyl (C=O) groups excluding carboxylic acids is 1. The Bertz CT molecular complexity index is 621. The van der Waals surface area contributed by atoms with E-state index in [-0.39, 0.29) is 17.0 Å². The Morgan fingerprint density at radius 2 is 2.09 bits per heavy atom. The fraction of sp³-hybridized carbons (Fsp3) is 0.438. The molecule has 1 amide bonds. The molecule has 2 heterocycles. The lowest BCUT2D eigenvalue weighted by molar-refractivity contribution is 0.0893. The van der Waals surface area contributed by atoms with Gasteiger partial charge < -0.3 is 14.9 Å². The maximum atomic E-state index is 12.1. The van der Waals surface area contributed by atoms with Crippen molar-refractivity contribution < 1.29 is 14.4 Å². The van der Waals surface area contributed by atoms with Crippen molar-refractivity contribution in [2.24, 2.45) is 5.41 Å². The van der Waals surface area contributed by atoms with Crippen LogP contribution in [0.4, 0.5) is 0 Å². The van der Waals surface area contributed by atoms with E-state index in [2.05, 4.69) is 15.5 Å². The summed E-state index contributed by atoms with van der Waals surface area (Å²) in [6.45, 7) is 6.17. The van der Waals surface area contributed by atoms with E-state index >= 15 is 0 Å².